The van der Waals surface area contributed by atoms with Gasteiger partial charge in [0.15, 0.2) is 17.3 Å². The number of pyridine rings is 1. The van der Waals surface area contributed by atoms with Gasteiger partial charge in [-0.1, -0.05) is 11.6 Å². The third kappa shape index (κ3) is 5.88. The minimum atomic E-state index is -4.80. The Morgan fingerprint density at radius 3 is 2.51 bits per heavy atom. The molecule has 4 aromatic rings. The van der Waals surface area contributed by atoms with Crippen LogP contribution in [0.25, 0.3) is 17.1 Å². The Kier molecular flexibility index (Phi) is 7.44. The lowest BCUT2D eigenvalue weighted by Gasteiger charge is -2.14. The van der Waals surface area contributed by atoms with E-state index in [9.17, 15) is 22.8 Å². The first-order valence-corrected chi connectivity index (χ1v) is 12.9. The minimum absolute atomic E-state index is 0.000789. The van der Waals surface area contributed by atoms with Crippen LogP contribution in [0.15, 0.2) is 48.9 Å². The molecule has 2 amide bonds. The summed E-state index contributed by atoms with van der Waals surface area (Å²) in [5.41, 5.74) is 10.9. The van der Waals surface area contributed by atoms with Crippen molar-refractivity contribution in [1.29, 1.82) is 0 Å². The molecule has 0 aliphatic heterocycles. The van der Waals surface area contributed by atoms with Gasteiger partial charge in [-0.15, -0.1) is 0 Å². The van der Waals surface area contributed by atoms with Gasteiger partial charge in [-0.25, -0.2) is 14.6 Å². The number of hydrogen-bond acceptors (Lipinski definition) is 7. The van der Waals surface area contributed by atoms with Gasteiger partial charge >= 0.3 is 6.18 Å². The number of aromatic nitrogens is 5. The zero-order valence-electron chi connectivity index (χ0n) is 21.6. The second-order valence-electron chi connectivity index (χ2n) is 9.70. The summed E-state index contributed by atoms with van der Waals surface area (Å²) in [6.07, 6.45) is 1.11. The molecule has 0 spiro atoms. The van der Waals surface area contributed by atoms with Crippen molar-refractivity contribution in [3.8, 4) is 17.1 Å². The molecular weight excluding hydrogens is 563 g/mol. The number of benzene rings is 1. The van der Waals surface area contributed by atoms with Gasteiger partial charge in [0.05, 0.1) is 39.9 Å². The molecule has 11 nitrogen and oxygen atoms in total. The van der Waals surface area contributed by atoms with E-state index < -0.39 is 17.8 Å². The molecule has 15 heteroatoms. The van der Waals surface area contributed by atoms with Gasteiger partial charge in [-0.2, -0.15) is 18.3 Å². The maximum absolute atomic E-state index is 13.9. The molecule has 0 saturated heterocycles. The molecule has 1 saturated carbocycles. The molecule has 0 bridgehead atoms. The average Bonchev–Trinajstić information content (AvgIpc) is 3.62. The highest BCUT2D eigenvalue weighted by molar-refractivity contribution is 6.34. The standard InChI is InChI=1S/C26H25ClF3N9O2/c1-38-20(18-12-39(37-22(18)26(28,29)30)21-7-3-14(32)10-33-21)11-34-23(38)25(41)36-16-5-6-17(19(27)9-16)24(40)35-15-4-2-13(31)8-15/h3,5-7,9-13,15H,2,4,8,31-32H2,1H3,(H,35,40)(H,36,41)/t13-,15-/m0/s1. The molecular formula is C26H25ClF3N9O2. The zero-order chi connectivity index (χ0) is 29.5. The van der Waals surface area contributed by atoms with E-state index in [1.54, 1.807) is 0 Å². The van der Waals surface area contributed by atoms with Crippen LogP contribution in [0.5, 0.6) is 0 Å². The van der Waals surface area contributed by atoms with E-state index in [0.29, 0.717) is 12.1 Å². The van der Waals surface area contributed by atoms with E-state index >= 15 is 0 Å². The van der Waals surface area contributed by atoms with Crippen molar-refractivity contribution in [1.82, 2.24) is 29.6 Å². The molecule has 1 aromatic carbocycles. The van der Waals surface area contributed by atoms with Crippen molar-refractivity contribution in [2.75, 3.05) is 11.1 Å². The quantitative estimate of drug-likeness (QED) is 0.267. The van der Waals surface area contributed by atoms with E-state index in [4.69, 9.17) is 23.1 Å². The van der Waals surface area contributed by atoms with Gasteiger partial charge in [-0.05, 0) is 49.6 Å². The molecule has 2 atom stereocenters. The van der Waals surface area contributed by atoms with Crippen LogP contribution in [0.2, 0.25) is 5.02 Å². The summed E-state index contributed by atoms with van der Waals surface area (Å²) in [5.74, 6) is -1.09. The SMILES string of the molecule is Cn1c(-c2cn(-c3ccc(N)cn3)nc2C(F)(F)F)cnc1C(=O)Nc1ccc(C(=O)N[C@H]2CC[C@H](N)C2)c(Cl)c1. The van der Waals surface area contributed by atoms with E-state index in [-0.39, 0.29) is 57.2 Å². The fraction of sp³-hybridized carbons (Fsp3) is 0.269. The number of hydrogen-bond donors (Lipinski definition) is 4. The van der Waals surface area contributed by atoms with E-state index in [0.717, 1.165) is 29.9 Å². The Morgan fingerprint density at radius 1 is 1.10 bits per heavy atom. The van der Waals surface area contributed by atoms with Crippen LogP contribution in [0.3, 0.4) is 0 Å². The second kappa shape index (κ2) is 10.9. The Morgan fingerprint density at radius 2 is 1.88 bits per heavy atom. The molecule has 214 valence electrons. The summed E-state index contributed by atoms with van der Waals surface area (Å²) < 4.78 is 43.9. The lowest BCUT2D eigenvalue weighted by atomic mass is 10.1. The van der Waals surface area contributed by atoms with Gasteiger partial charge < -0.3 is 26.7 Å². The van der Waals surface area contributed by atoms with Gasteiger partial charge in [-0.3, -0.25) is 9.59 Å². The summed E-state index contributed by atoms with van der Waals surface area (Å²) in [6, 6.07) is 7.31. The largest absolute Gasteiger partial charge is 0.435 e. The van der Waals surface area contributed by atoms with Crippen LogP contribution in [-0.4, -0.2) is 48.2 Å². The number of carbonyl (C=O) groups is 2. The van der Waals surface area contributed by atoms with Crippen LogP contribution in [0.1, 0.15) is 45.9 Å². The number of nitrogens with one attached hydrogen (secondary N) is 2. The Labute approximate surface area is 236 Å². The molecule has 0 radical (unpaired) electrons. The van der Waals surface area contributed by atoms with E-state index in [2.05, 4.69) is 25.7 Å². The highest BCUT2D eigenvalue weighted by Crippen LogP contribution is 2.37. The normalized spacial score (nSPS) is 17.0. The topological polar surface area (TPSA) is 159 Å². The Balaban J connectivity index is 1.36. The van der Waals surface area contributed by atoms with Crippen molar-refractivity contribution in [2.45, 2.75) is 37.5 Å². The maximum Gasteiger partial charge on any atom is 0.435 e. The number of rotatable bonds is 6. The summed E-state index contributed by atoms with van der Waals surface area (Å²) in [6.45, 7) is 0. The summed E-state index contributed by atoms with van der Waals surface area (Å²) in [4.78, 5) is 33.7. The number of alkyl halides is 3. The third-order valence-electron chi connectivity index (χ3n) is 6.74. The molecule has 3 aromatic heterocycles. The van der Waals surface area contributed by atoms with E-state index in [1.165, 1.54) is 48.1 Å². The summed E-state index contributed by atoms with van der Waals surface area (Å²) in [5, 5.41) is 9.31. The lowest BCUT2D eigenvalue weighted by Crippen LogP contribution is -2.34. The fourth-order valence-electron chi connectivity index (χ4n) is 4.67. The highest BCUT2D eigenvalue weighted by atomic mass is 35.5. The Hall–Kier alpha value is -4.43. The zero-order valence-corrected chi connectivity index (χ0v) is 22.4. The number of carbonyl (C=O) groups excluding carboxylic acids is 2. The van der Waals surface area contributed by atoms with Crippen LogP contribution in [0, 0.1) is 0 Å². The number of nitrogens with two attached hydrogens (primary N) is 2. The second-order valence-corrected chi connectivity index (χ2v) is 10.1. The number of nitrogens with zero attached hydrogens (tertiary/aromatic N) is 5. The molecule has 5 rings (SSSR count). The first-order valence-electron chi connectivity index (χ1n) is 12.5. The molecule has 1 aliphatic carbocycles. The number of amides is 2. The number of nitrogen functional groups attached to an aromatic ring is 1. The fourth-order valence-corrected chi connectivity index (χ4v) is 4.93. The molecule has 0 unspecified atom stereocenters. The first kappa shape index (κ1) is 28.1. The first-order chi connectivity index (χ1) is 19.4. The maximum atomic E-state index is 13.9. The lowest BCUT2D eigenvalue weighted by molar-refractivity contribution is -0.140. The smallest absolute Gasteiger partial charge is 0.397 e. The minimum Gasteiger partial charge on any atom is -0.397 e. The van der Waals surface area contributed by atoms with Crippen molar-refractivity contribution in [2.24, 2.45) is 12.8 Å². The van der Waals surface area contributed by atoms with Crippen LogP contribution in [-0.2, 0) is 13.2 Å². The summed E-state index contributed by atoms with van der Waals surface area (Å²) in [7, 11) is 1.41. The molecule has 3 heterocycles. The predicted molar refractivity (Wildman–Crippen MR) is 145 cm³/mol. The van der Waals surface area contributed by atoms with Gasteiger partial charge in [0.25, 0.3) is 11.8 Å². The van der Waals surface area contributed by atoms with Crippen molar-refractivity contribution in [3.63, 3.8) is 0 Å². The molecule has 6 N–H and O–H groups in total. The molecule has 41 heavy (non-hydrogen) atoms. The van der Waals surface area contributed by atoms with Gasteiger partial charge in [0.1, 0.15) is 0 Å². The van der Waals surface area contributed by atoms with Crippen LogP contribution >= 0.6 is 11.6 Å². The van der Waals surface area contributed by atoms with Crippen molar-refractivity contribution >= 4 is 34.8 Å². The monoisotopic (exact) mass is 587 g/mol. The van der Waals surface area contributed by atoms with Crippen molar-refractivity contribution < 1.29 is 22.8 Å². The predicted octanol–water partition coefficient (Wildman–Crippen LogP) is 3.78. The van der Waals surface area contributed by atoms with Crippen LogP contribution in [0.4, 0.5) is 24.5 Å². The summed E-state index contributed by atoms with van der Waals surface area (Å²) >= 11 is 6.32. The Bertz CT molecular complexity index is 1620. The van der Waals surface area contributed by atoms with Gasteiger partial charge in [0, 0.05) is 31.0 Å². The van der Waals surface area contributed by atoms with Crippen molar-refractivity contribution in [3.05, 3.63) is 71.0 Å². The highest BCUT2D eigenvalue weighted by Gasteiger charge is 2.39. The molecule has 1 aliphatic rings. The van der Waals surface area contributed by atoms with Gasteiger partial charge in [0.2, 0.25) is 0 Å². The average molecular weight is 588 g/mol. The van der Waals surface area contributed by atoms with E-state index in [1.807, 2.05) is 0 Å². The van der Waals surface area contributed by atoms with Crippen LogP contribution < -0.4 is 22.1 Å². The third-order valence-corrected chi connectivity index (χ3v) is 7.05. The number of anilines is 2. The number of imidazole rings is 1. The number of halogens is 4. The molecule has 1 fully saturated rings.